The zero-order chi connectivity index (χ0) is 20.5. The van der Waals surface area contributed by atoms with E-state index in [4.69, 9.17) is 0 Å². The second-order valence-corrected chi connectivity index (χ2v) is 7.48. The van der Waals surface area contributed by atoms with E-state index in [0.29, 0.717) is 41.5 Å². The van der Waals surface area contributed by atoms with E-state index in [1.54, 1.807) is 36.4 Å². The predicted molar refractivity (Wildman–Crippen MR) is 109 cm³/mol. The van der Waals surface area contributed by atoms with Crippen LogP contribution in [0.5, 0.6) is 0 Å². The molecule has 7 nitrogen and oxygen atoms in total. The molecule has 0 spiro atoms. The summed E-state index contributed by atoms with van der Waals surface area (Å²) in [6, 6.07) is 14.6. The maximum absolute atomic E-state index is 13.4. The Morgan fingerprint density at radius 1 is 0.931 bits per heavy atom. The van der Waals surface area contributed by atoms with Gasteiger partial charge >= 0.3 is 0 Å². The van der Waals surface area contributed by atoms with E-state index in [0.717, 1.165) is 12.8 Å². The van der Waals surface area contributed by atoms with E-state index >= 15 is 0 Å². The molecular formula is C22H21N3O4. The highest BCUT2D eigenvalue weighted by molar-refractivity contribution is 6.45. The van der Waals surface area contributed by atoms with Gasteiger partial charge in [0.1, 0.15) is 5.70 Å². The molecule has 0 aliphatic carbocycles. The molecule has 0 unspecified atom stereocenters. The molecule has 0 atom stereocenters. The highest BCUT2D eigenvalue weighted by Crippen LogP contribution is 2.36. The number of hydrogen-bond donors (Lipinski definition) is 0. The third-order valence-corrected chi connectivity index (χ3v) is 5.54. The minimum atomic E-state index is -0.483. The number of anilines is 1. The van der Waals surface area contributed by atoms with Crippen LogP contribution in [0.15, 0.2) is 60.3 Å². The fraction of sp³-hybridized carbons (Fsp3) is 0.273. The van der Waals surface area contributed by atoms with Crippen molar-refractivity contribution in [3.63, 3.8) is 0 Å². The summed E-state index contributed by atoms with van der Waals surface area (Å²) in [6.45, 7) is 3.59. The lowest BCUT2D eigenvalue weighted by Crippen LogP contribution is -2.38. The van der Waals surface area contributed by atoms with Crippen LogP contribution in [0.4, 0.5) is 11.4 Å². The number of imide groups is 1. The van der Waals surface area contributed by atoms with Gasteiger partial charge in [-0.05, 0) is 48.6 Å². The second kappa shape index (κ2) is 7.50. The fourth-order valence-electron chi connectivity index (χ4n) is 3.87. The summed E-state index contributed by atoms with van der Waals surface area (Å²) in [6.07, 6.45) is 1.90. The van der Waals surface area contributed by atoms with E-state index in [-0.39, 0.29) is 11.6 Å². The lowest BCUT2D eigenvalue weighted by Gasteiger charge is -2.32. The molecule has 2 heterocycles. The third kappa shape index (κ3) is 3.40. The molecule has 0 saturated carbocycles. The Labute approximate surface area is 168 Å². The van der Waals surface area contributed by atoms with Gasteiger partial charge in [-0.1, -0.05) is 25.1 Å². The molecule has 2 aromatic rings. The van der Waals surface area contributed by atoms with Crippen molar-refractivity contribution in [3.05, 3.63) is 76.0 Å². The first-order valence-corrected chi connectivity index (χ1v) is 9.65. The largest absolute Gasteiger partial charge is 0.366 e. The van der Waals surface area contributed by atoms with E-state index in [1.165, 1.54) is 17.0 Å². The van der Waals surface area contributed by atoms with Gasteiger partial charge in [-0.2, -0.15) is 0 Å². The number of piperidine rings is 1. The van der Waals surface area contributed by atoms with Gasteiger partial charge in [0.15, 0.2) is 0 Å². The highest BCUT2D eigenvalue weighted by Gasteiger charge is 2.43. The van der Waals surface area contributed by atoms with Gasteiger partial charge in [-0.15, -0.1) is 0 Å². The van der Waals surface area contributed by atoms with Crippen LogP contribution < -0.4 is 4.90 Å². The van der Waals surface area contributed by atoms with Crippen LogP contribution in [0, 0.1) is 16.0 Å². The molecule has 1 fully saturated rings. The monoisotopic (exact) mass is 391 g/mol. The van der Waals surface area contributed by atoms with Gasteiger partial charge < -0.3 is 4.90 Å². The molecule has 0 bridgehead atoms. The first-order valence-electron chi connectivity index (χ1n) is 9.65. The van der Waals surface area contributed by atoms with Gasteiger partial charge in [-0.25, -0.2) is 4.90 Å². The van der Waals surface area contributed by atoms with Crippen molar-refractivity contribution in [2.45, 2.75) is 19.8 Å². The third-order valence-electron chi connectivity index (χ3n) is 5.54. The summed E-state index contributed by atoms with van der Waals surface area (Å²) in [5.41, 5.74) is 1.67. The molecule has 2 aliphatic heterocycles. The number of likely N-dealkylation sites (tertiary alicyclic amines) is 1. The van der Waals surface area contributed by atoms with Crippen molar-refractivity contribution in [2.24, 2.45) is 5.92 Å². The van der Waals surface area contributed by atoms with Crippen LogP contribution in [-0.4, -0.2) is 34.7 Å². The Hall–Kier alpha value is -3.48. The van der Waals surface area contributed by atoms with Crippen molar-refractivity contribution >= 4 is 28.8 Å². The van der Waals surface area contributed by atoms with Crippen LogP contribution in [0.2, 0.25) is 0 Å². The van der Waals surface area contributed by atoms with Crippen molar-refractivity contribution in [3.8, 4) is 0 Å². The molecule has 148 valence electrons. The molecule has 0 N–H and O–H groups in total. The molecule has 0 radical (unpaired) electrons. The Bertz CT molecular complexity index is 990. The molecule has 2 aromatic carbocycles. The smallest absolute Gasteiger partial charge is 0.282 e. The average Bonchev–Trinajstić information content (AvgIpc) is 2.99. The van der Waals surface area contributed by atoms with Crippen molar-refractivity contribution in [1.29, 1.82) is 0 Å². The normalized spacial score (nSPS) is 18.0. The number of nitro benzene ring substituents is 1. The number of hydrogen-bond acceptors (Lipinski definition) is 5. The number of carbonyl (C=O) groups is 2. The molecule has 7 heteroatoms. The van der Waals surface area contributed by atoms with Gasteiger partial charge in [0.2, 0.25) is 0 Å². The van der Waals surface area contributed by atoms with Gasteiger partial charge in [-0.3, -0.25) is 19.7 Å². The van der Waals surface area contributed by atoms with E-state index in [2.05, 4.69) is 6.92 Å². The maximum atomic E-state index is 13.4. The highest BCUT2D eigenvalue weighted by atomic mass is 16.6. The Kier molecular flexibility index (Phi) is 4.88. The summed E-state index contributed by atoms with van der Waals surface area (Å²) in [5.74, 6) is -0.167. The van der Waals surface area contributed by atoms with Gasteiger partial charge in [0, 0.05) is 25.2 Å². The van der Waals surface area contributed by atoms with Gasteiger partial charge in [0.25, 0.3) is 17.5 Å². The van der Waals surface area contributed by atoms with Crippen molar-refractivity contribution < 1.29 is 14.5 Å². The topological polar surface area (TPSA) is 83.8 Å². The molecule has 2 amide bonds. The first-order chi connectivity index (χ1) is 14.0. The number of nitrogens with zero attached hydrogens (tertiary/aromatic N) is 3. The molecule has 2 aliphatic rings. The summed E-state index contributed by atoms with van der Waals surface area (Å²) < 4.78 is 0. The predicted octanol–water partition coefficient (Wildman–Crippen LogP) is 3.61. The number of nitro groups is 1. The molecule has 29 heavy (non-hydrogen) atoms. The lowest BCUT2D eigenvalue weighted by atomic mass is 9.97. The maximum Gasteiger partial charge on any atom is 0.282 e. The zero-order valence-electron chi connectivity index (χ0n) is 16.1. The first kappa shape index (κ1) is 18.9. The summed E-state index contributed by atoms with van der Waals surface area (Å²) in [5, 5.41) is 11.0. The molecule has 1 saturated heterocycles. The minimum absolute atomic E-state index is 0.0561. The molecule has 0 aromatic heterocycles. The lowest BCUT2D eigenvalue weighted by molar-refractivity contribution is -0.384. The summed E-state index contributed by atoms with van der Waals surface area (Å²) in [4.78, 5) is 40.4. The van der Waals surface area contributed by atoms with Crippen molar-refractivity contribution in [2.75, 3.05) is 18.0 Å². The zero-order valence-corrected chi connectivity index (χ0v) is 16.1. The summed E-state index contributed by atoms with van der Waals surface area (Å²) >= 11 is 0. The standard InChI is InChI=1S/C22H21N3O4/c1-15-11-13-23(14-12-15)20-19(16-7-9-18(10-8-16)25(28)29)21(26)24(22(20)27)17-5-3-2-4-6-17/h2-10,15H,11-14H2,1H3. The molecule has 4 rings (SSSR count). The van der Waals surface area contributed by atoms with E-state index < -0.39 is 10.8 Å². The van der Waals surface area contributed by atoms with Crippen LogP contribution >= 0.6 is 0 Å². The Morgan fingerprint density at radius 3 is 2.14 bits per heavy atom. The van der Waals surface area contributed by atoms with E-state index in [1.807, 2.05) is 11.0 Å². The minimum Gasteiger partial charge on any atom is -0.366 e. The quantitative estimate of drug-likeness (QED) is 0.452. The second-order valence-electron chi connectivity index (χ2n) is 7.48. The van der Waals surface area contributed by atoms with Crippen LogP contribution in [0.1, 0.15) is 25.3 Å². The van der Waals surface area contributed by atoms with Crippen LogP contribution in [0.3, 0.4) is 0 Å². The fourth-order valence-corrected chi connectivity index (χ4v) is 3.87. The van der Waals surface area contributed by atoms with Crippen LogP contribution in [0.25, 0.3) is 5.57 Å². The van der Waals surface area contributed by atoms with E-state index in [9.17, 15) is 19.7 Å². The van der Waals surface area contributed by atoms with Gasteiger partial charge in [0.05, 0.1) is 16.2 Å². The number of carbonyl (C=O) groups excluding carboxylic acids is 2. The number of benzene rings is 2. The van der Waals surface area contributed by atoms with Crippen LogP contribution in [-0.2, 0) is 9.59 Å². The SMILES string of the molecule is CC1CCN(C2=C(c3ccc([N+](=O)[O-])cc3)C(=O)N(c3ccccc3)C2=O)CC1. The summed E-state index contributed by atoms with van der Waals surface area (Å²) in [7, 11) is 0. The number of rotatable bonds is 4. The number of amides is 2. The number of para-hydroxylation sites is 1. The van der Waals surface area contributed by atoms with Crippen molar-refractivity contribution in [1.82, 2.24) is 4.90 Å². The number of non-ortho nitro benzene ring substituents is 1. The Balaban J connectivity index is 1.80. The molecular weight excluding hydrogens is 370 g/mol. The Morgan fingerprint density at radius 2 is 1.55 bits per heavy atom. The average molecular weight is 391 g/mol.